The summed E-state index contributed by atoms with van der Waals surface area (Å²) in [4.78, 5) is 21.5. The van der Waals surface area contributed by atoms with E-state index in [1.54, 1.807) is 12.4 Å². The van der Waals surface area contributed by atoms with Crippen molar-refractivity contribution in [3.05, 3.63) is 59.5 Å². The second kappa shape index (κ2) is 6.95. The van der Waals surface area contributed by atoms with Crippen LogP contribution in [0.15, 0.2) is 52.6 Å². The molecule has 2 aromatic heterocycles. The number of nitrogens with zero attached hydrogens (tertiary/aromatic N) is 5. The first kappa shape index (κ1) is 15.7. The molecule has 0 aliphatic rings. The van der Waals surface area contributed by atoms with Crippen molar-refractivity contribution in [1.82, 2.24) is 15.0 Å². The van der Waals surface area contributed by atoms with E-state index in [9.17, 15) is 0 Å². The van der Waals surface area contributed by atoms with E-state index in [4.69, 9.17) is 5.73 Å². The first-order chi connectivity index (χ1) is 11.6. The van der Waals surface area contributed by atoms with Crippen LogP contribution < -0.4 is 5.73 Å². The zero-order valence-electron chi connectivity index (χ0n) is 13.6. The van der Waals surface area contributed by atoms with Crippen molar-refractivity contribution >= 4 is 28.9 Å². The number of pyridine rings is 1. The van der Waals surface area contributed by atoms with E-state index in [1.165, 1.54) is 5.56 Å². The average molecular weight is 318 g/mol. The molecule has 0 saturated heterocycles. The minimum Gasteiger partial charge on any atom is -0.385 e. The molecule has 0 radical (unpaired) electrons. The first-order valence-electron chi connectivity index (χ1n) is 7.61. The summed E-state index contributed by atoms with van der Waals surface area (Å²) in [5.74, 6) is 0.711. The second-order valence-corrected chi connectivity index (χ2v) is 5.46. The zero-order valence-corrected chi connectivity index (χ0v) is 13.6. The largest absolute Gasteiger partial charge is 0.385 e. The number of nitrogens with two attached hydrogens (primary N) is 1. The zero-order chi connectivity index (χ0) is 16.9. The van der Waals surface area contributed by atoms with Crippen molar-refractivity contribution in [2.24, 2.45) is 15.7 Å². The number of aryl methyl sites for hydroxylation is 2. The molecule has 0 unspecified atom stereocenters. The van der Waals surface area contributed by atoms with E-state index < -0.39 is 0 Å². The van der Waals surface area contributed by atoms with Gasteiger partial charge < -0.3 is 5.73 Å². The Kier molecular flexibility index (Phi) is 4.56. The fourth-order valence-corrected chi connectivity index (χ4v) is 2.28. The van der Waals surface area contributed by atoms with E-state index in [0.29, 0.717) is 11.8 Å². The van der Waals surface area contributed by atoms with Crippen molar-refractivity contribution in [2.75, 3.05) is 6.54 Å². The molecule has 0 saturated carbocycles. The van der Waals surface area contributed by atoms with Crippen molar-refractivity contribution in [3.63, 3.8) is 0 Å². The molecule has 3 rings (SSSR count). The van der Waals surface area contributed by atoms with Gasteiger partial charge in [-0.1, -0.05) is 17.7 Å². The number of aliphatic imine (C=N–C) groups is 2. The van der Waals surface area contributed by atoms with Gasteiger partial charge >= 0.3 is 0 Å². The van der Waals surface area contributed by atoms with Crippen LogP contribution in [0.4, 0.5) is 5.95 Å². The Hall–Kier alpha value is -3.15. The van der Waals surface area contributed by atoms with E-state index in [2.05, 4.69) is 31.0 Å². The van der Waals surface area contributed by atoms with Gasteiger partial charge in [0.05, 0.1) is 23.4 Å². The highest BCUT2D eigenvalue weighted by Gasteiger charge is 2.04. The van der Waals surface area contributed by atoms with Crippen LogP contribution in [0.3, 0.4) is 0 Å². The lowest BCUT2D eigenvalue weighted by molar-refractivity contribution is 1.11. The predicted molar refractivity (Wildman–Crippen MR) is 97.0 cm³/mol. The monoisotopic (exact) mass is 318 g/mol. The Morgan fingerprint density at radius 2 is 2.04 bits per heavy atom. The van der Waals surface area contributed by atoms with Gasteiger partial charge in [-0.15, -0.1) is 0 Å². The molecule has 120 valence electrons. The van der Waals surface area contributed by atoms with Crippen LogP contribution >= 0.6 is 0 Å². The van der Waals surface area contributed by atoms with E-state index in [-0.39, 0.29) is 6.54 Å². The van der Waals surface area contributed by atoms with Gasteiger partial charge in [0.15, 0.2) is 0 Å². The average Bonchev–Trinajstić information content (AvgIpc) is 2.56. The van der Waals surface area contributed by atoms with Gasteiger partial charge in [0.1, 0.15) is 5.84 Å². The van der Waals surface area contributed by atoms with Gasteiger partial charge in [-0.2, -0.15) is 4.99 Å². The van der Waals surface area contributed by atoms with Gasteiger partial charge in [-0.3, -0.25) is 9.98 Å². The summed E-state index contributed by atoms with van der Waals surface area (Å²) >= 11 is 0. The van der Waals surface area contributed by atoms with E-state index >= 15 is 0 Å². The fraction of sp³-hybridized carbons (Fsp3) is 0.167. The molecule has 0 aliphatic carbocycles. The Bertz CT molecular complexity index is 915. The molecule has 6 heteroatoms. The second-order valence-electron chi connectivity index (χ2n) is 5.46. The van der Waals surface area contributed by atoms with E-state index in [1.807, 2.05) is 44.2 Å². The SMILES string of the molecule is Cc1ccc2nc(N=C(N)CN=Cc3ccccn3)nc(C)c2c1. The Morgan fingerprint density at radius 3 is 2.83 bits per heavy atom. The molecule has 0 atom stereocenters. The summed E-state index contributed by atoms with van der Waals surface area (Å²) in [6.45, 7) is 4.26. The normalized spacial score (nSPS) is 12.2. The van der Waals surface area contributed by atoms with Crippen LogP contribution in [-0.2, 0) is 0 Å². The molecule has 0 amide bonds. The number of benzene rings is 1. The maximum atomic E-state index is 5.92. The standard InChI is InChI=1S/C18H18N6/c1-12-6-7-16-15(9-12)13(2)22-18(23-16)24-17(19)11-20-10-14-5-3-4-8-21-14/h3-10H,11H2,1-2H3,(H2,19,22,23,24). The maximum absolute atomic E-state index is 5.92. The van der Waals surface area contributed by atoms with Crippen LogP contribution in [0, 0.1) is 13.8 Å². The molecule has 2 N–H and O–H groups in total. The molecule has 0 bridgehead atoms. The lowest BCUT2D eigenvalue weighted by atomic mass is 10.1. The molecule has 0 aliphatic heterocycles. The van der Waals surface area contributed by atoms with Crippen molar-refractivity contribution in [2.45, 2.75) is 13.8 Å². The van der Waals surface area contributed by atoms with Gasteiger partial charge in [-0.25, -0.2) is 9.97 Å². The Balaban J connectivity index is 1.79. The molecule has 3 aromatic rings. The van der Waals surface area contributed by atoms with Gasteiger partial charge in [0.25, 0.3) is 5.95 Å². The van der Waals surface area contributed by atoms with Gasteiger partial charge in [0, 0.05) is 17.8 Å². The number of hydrogen-bond donors (Lipinski definition) is 1. The van der Waals surface area contributed by atoms with Crippen molar-refractivity contribution < 1.29 is 0 Å². The van der Waals surface area contributed by atoms with Crippen LogP contribution in [0.1, 0.15) is 17.0 Å². The topological polar surface area (TPSA) is 89.4 Å². The Morgan fingerprint density at radius 1 is 1.17 bits per heavy atom. The van der Waals surface area contributed by atoms with Crippen molar-refractivity contribution in [3.8, 4) is 0 Å². The van der Waals surface area contributed by atoms with Crippen LogP contribution in [0.5, 0.6) is 0 Å². The lowest BCUT2D eigenvalue weighted by Crippen LogP contribution is -2.15. The summed E-state index contributed by atoms with van der Waals surface area (Å²) in [5.41, 5.74) is 9.61. The predicted octanol–water partition coefficient (Wildman–Crippen LogP) is 2.75. The third-order valence-electron chi connectivity index (χ3n) is 3.44. The summed E-state index contributed by atoms with van der Waals surface area (Å²) < 4.78 is 0. The number of rotatable bonds is 4. The van der Waals surface area contributed by atoms with Crippen molar-refractivity contribution in [1.29, 1.82) is 0 Å². The Labute approximate surface area is 140 Å². The summed E-state index contributed by atoms with van der Waals surface area (Å²) in [6, 6.07) is 11.7. The van der Waals surface area contributed by atoms with Crippen LogP contribution in [0.25, 0.3) is 10.9 Å². The van der Waals surface area contributed by atoms with E-state index in [0.717, 1.165) is 22.3 Å². The quantitative estimate of drug-likeness (QED) is 0.591. The number of fused-ring (bicyclic) bond motifs is 1. The molecule has 2 heterocycles. The smallest absolute Gasteiger partial charge is 0.251 e. The third-order valence-corrected chi connectivity index (χ3v) is 3.44. The van der Waals surface area contributed by atoms with Gasteiger partial charge in [-0.05, 0) is 38.1 Å². The molecule has 6 nitrogen and oxygen atoms in total. The highest BCUT2D eigenvalue weighted by atomic mass is 15.1. The minimum absolute atomic E-state index is 0.269. The van der Waals surface area contributed by atoms with Crippen LogP contribution in [0.2, 0.25) is 0 Å². The third kappa shape index (κ3) is 3.78. The molecule has 0 fully saturated rings. The molecular weight excluding hydrogens is 300 g/mol. The summed E-state index contributed by atoms with van der Waals surface area (Å²) in [7, 11) is 0. The molecule has 24 heavy (non-hydrogen) atoms. The maximum Gasteiger partial charge on any atom is 0.251 e. The number of amidine groups is 1. The lowest BCUT2D eigenvalue weighted by Gasteiger charge is -2.04. The molecular formula is C18H18N6. The summed E-state index contributed by atoms with van der Waals surface area (Å²) in [5, 5.41) is 1.03. The molecule has 0 spiro atoms. The molecule has 1 aromatic carbocycles. The fourth-order valence-electron chi connectivity index (χ4n) is 2.28. The highest BCUT2D eigenvalue weighted by Crippen LogP contribution is 2.19. The summed E-state index contributed by atoms with van der Waals surface area (Å²) in [6.07, 6.45) is 3.38. The highest BCUT2D eigenvalue weighted by molar-refractivity contribution is 5.88. The number of hydrogen-bond acceptors (Lipinski definition) is 5. The van der Waals surface area contributed by atoms with Gasteiger partial charge in [0.2, 0.25) is 0 Å². The minimum atomic E-state index is 0.269. The first-order valence-corrected chi connectivity index (χ1v) is 7.61. The number of aromatic nitrogens is 3. The van der Waals surface area contributed by atoms with Crippen LogP contribution in [-0.4, -0.2) is 33.5 Å².